The van der Waals surface area contributed by atoms with E-state index in [1.165, 1.54) is 23.5 Å². The number of ether oxygens (including phenoxy) is 2. The average molecular weight is 489 g/mol. The monoisotopic (exact) mass is 488 g/mol. The van der Waals surface area contributed by atoms with E-state index in [2.05, 4.69) is 31.7 Å². The lowest BCUT2D eigenvalue weighted by Crippen LogP contribution is -2.71. The molecule has 1 aromatic rings. The molecule has 1 aromatic heterocycles. The van der Waals surface area contributed by atoms with Crippen LogP contribution in [0.15, 0.2) is 9.98 Å². The number of hydrogen-bond donors (Lipinski definition) is 2. The van der Waals surface area contributed by atoms with Crippen molar-refractivity contribution in [1.82, 2.24) is 20.7 Å². The normalized spacial score (nSPS) is 24.3. The van der Waals surface area contributed by atoms with Crippen molar-refractivity contribution in [2.75, 3.05) is 7.11 Å². The minimum Gasteiger partial charge on any atom is -0.468 e. The van der Waals surface area contributed by atoms with Crippen molar-refractivity contribution in [3.8, 4) is 0 Å². The molecule has 1 saturated carbocycles. The lowest BCUT2D eigenvalue weighted by molar-refractivity contribution is -0.167. The number of fused-ring (bicyclic) bond motifs is 2. The number of carbonyl (C=O) groups excluding carboxylic acids is 3. The van der Waals surface area contributed by atoms with Gasteiger partial charge in [-0.15, -0.1) is 11.3 Å². The van der Waals surface area contributed by atoms with Gasteiger partial charge in [0.25, 0.3) is 5.91 Å². The maximum absolute atomic E-state index is 13.3. The molecule has 29 heavy (non-hydrogen) atoms. The Morgan fingerprint density at radius 3 is 2.66 bits per heavy atom. The van der Waals surface area contributed by atoms with Crippen LogP contribution in [-0.4, -0.2) is 58.8 Å². The van der Waals surface area contributed by atoms with E-state index >= 15 is 0 Å². The Morgan fingerprint density at radius 2 is 2.10 bits per heavy atom. The van der Waals surface area contributed by atoms with Crippen LogP contribution < -0.4 is 10.7 Å². The molecule has 2 saturated heterocycles. The zero-order valence-electron chi connectivity index (χ0n) is 16.7. The van der Waals surface area contributed by atoms with E-state index in [1.54, 1.807) is 20.8 Å². The van der Waals surface area contributed by atoms with Gasteiger partial charge in [-0.25, -0.2) is 15.2 Å². The molecule has 1 aliphatic carbocycles. The summed E-state index contributed by atoms with van der Waals surface area (Å²) in [6.45, 7) is 5.26. The summed E-state index contributed by atoms with van der Waals surface area (Å²) in [4.78, 5) is 42.0. The van der Waals surface area contributed by atoms with Crippen LogP contribution in [0.4, 0.5) is 4.79 Å². The van der Waals surface area contributed by atoms with Crippen molar-refractivity contribution in [3.05, 3.63) is 15.0 Å². The Labute approximate surface area is 181 Å². The Bertz CT molecular complexity index is 789. The van der Waals surface area contributed by atoms with Crippen LogP contribution in [0.1, 0.15) is 38.6 Å². The third-order valence-electron chi connectivity index (χ3n) is 4.85. The van der Waals surface area contributed by atoms with Gasteiger partial charge in [0.2, 0.25) is 0 Å². The minimum atomic E-state index is -0.883. The molecule has 0 aromatic carbocycles. The van der Waals surface area contributed by atoms with Crippen molar-refractivity contribution in [2.24, 2.45) is 5.92 Å². The number of alkyl carbamates (subject to hydrolysis) is 1. The molecular weight excluding hydrogens is 464 g/mol. The van der Waals surface area contributed by atoms with Crippen molar-refractivity contribution >= 4 is 45.2 Å². The van der Waals surface area contributed by atoms with E-state index in [-0.39, 0.29) is 24.3 Å². The molecular formula is C18H25BrN4O5S. The van der Waals surface area contributed by atoms with Crippen LogP contribution in [0, 0.1) is 5.92 Å². The van der Waals surface area contributed by atoms with Crippen LogP contribution in [0.3, 0.4) is 0 Å². The van der Waals surface area contributed by atoms with Gasteiger partial charge in [-0.1, -0.05) is 0 Å². The average Bonchev–Trinajstić information content (AvgIpc) is 3.01. The van der Waals surface area contributed by atoms with Gasteiger partial charge in [-0.2, -0.15) is 0 Å². The topological polar surface area (TPSA) is 110 Å². The van der Waals surface area contributed by atoms with Crippen LogP contribution >= 0.6 is 27.3 Å². The fourth-order valence-corrected chi connectivity index (χ4v) is 4.78. The number of amides is 2. The van der Waals surface area contributed by atoms with Crippen LogP contribution in [-0.2, 0) is 25.5 Å². The molecule has 0 radical (unpaired) electrons. The number of hydrogen-bond acceptors (Lipinski definition) is 8. The fourth-order valence-electron chi connectivity index (χ4n) is 3.46. The molecule has 3 fully saturated rings. The molecule has 2 N–H and O–H groups in total. The summed E-state index contributed by atoms with van der Waals surface area (Å²) < 4.78 is 10.8. The smallest absolute Gasteiger partial charge is 0.408 e. The third-order valence-corrected chi connectivity index (χ3v) is 6.43. The number of halogens is 1. The number of esters is 1. The highest BCUT2D eigenvalue weighted by atomic mass is 79.9. The lowest BCUT2D eigenvalue weighted by Gasteiger charge is -2.52. The maximum Gasteiger partial charge on any atom is 0.408 e. The number of aromatic nitrogens is 1. The lowest BCUT2D eigenvalue weighted by atomic mass is 9.73. The number of nitrogens with zero attached hydrogens (tertiary/aromatic N) is 2. The highest BCUT2D eigenvalue weighted by molar-refractivity contribution is 9.10. The quantitative estimate of drug-likeness (QED) is 0.609. The van der Waals surface area contributed by atoms with E-state index in [1.807, 2.05) is 5.38 Å². The van der Waals surface area contributed by atoms with E-state index in [0.717, 1.165) is 12.8 Å². The fraction of sp³-hybridized carbons (Fsp3) is 0.667. The molecule has 3 heterocycles. The Hall–Kier alpha value is -1.72. The second-order valence-electron chi connectivity index (χ2n) is 8.19. The number of rotatable bonds is 5. The summed E-state index contributed by atoms with van der Waals surface area (Å²) in [6, 6.07) is -1.46. The molecule has 0 unspecified atom stereocenters. The molecule has 2 amide bonds. The van der Waals surface area contributed by atoms with Crippen LogP contribution in [0.2, 0.25) is 0 Å². The number of hydrazine groups is 1. The van der Waals surface area contributed by atoms with Crippen LogP contribution in [0.5, 0.6) is 0 Å². The van der Waals surface area contributed by atoms with Crippen molar-refractivity contribution in [2.45, 2.75) is 63.8 Å². The summed E-state index contributed by atoms with van der Waals surface area (Å²) in [5.74, 6) is -0.575. The molecule has 3 aliphatic rings. The van der Waals surface area contributed by atoms with Gasteiger partial charge in [-0.3, -0.25) is 14.6 Å². The first-order valence-electron chi connectivity index (χ1n) is 9.34. The van der Waals surface area contributed by atoms with Gasteiger partial charge < -0.3 is 14.8 Å². The number of carbonyl (C=O) groups is 3. The third kappa shape index (κ3) is 5.26. The van der Waals surface area contributed by atoms with E-state index in [9.17, 15) is 14.4 Å². The molecule has 4 rings (SSSR count). The number of nitrogens with one attached hydrogen (secondary N) is 2. The SMILES string of the molecule is COC(=O)[C@H]1NN(C(=O)[C@H](Cc2nc(Br)cs2)NC(=O)OC(C)(C)C)C2CC1C2. The summed E-state index contributed by atoms with van der Waals surface area (Å²) in [7, 11) is 1.33. The van der Waals surface area contributed by atoms with Gasteiger partial charge in [0.05, 0.1) is 12.1 Å². The van der Waals surface area contributed by atoms with Gasteiger partial charge in [0.1, 0.15) is 22.3 Å². The molecule has 2 bridgehead atoms. The number of thiazole rings is 1. The van der Waals surface area contributed by atoms with Gasteiger partial charge in [-0.05, 0) is 55.5 Å². The standard InChI is InChI=1S/C18H25BrN4O5S/c1-18(2,3)28-17(26)20-11(7-13-21-12(19)8-29-13)15(24)23-10-5-9(6-10)14(22-23)16(25)27-4/h8-11,14,22H,5-7H2,1-4H3,(H,20,26)/t9?,10?,11-,14-/m0/s1. The molecule has 9 nitrogen and oxygen atoms in total. The van der Waals surface area contributed by atoms with E-state index in [0.29, 0.717) is 9.61 Å². The summed E-state index contributed by atoms with van der Waals surface area (Å²) >= 11 is 4.69. The maximum atomic E-state index is 13.3. The first-order chi connectivity index (χ1) is 13.6. The Morgan fingerprint density at radius 1 is 1.41 bits per heavy atom. The summed E-state index contributed by atoms with van der Waals surface area (Å²) in [5, 5.41) is 6.64. The first-order valence-corrected chi connectivity index (χ1v) is 11.0. The molecule has 11 heteroatoms. The molecule has 160 valence electrons. The summed E-state index contributed by atoms with van der Waals surface area (Å²) in [6.07, 6.45) is 0.978. The van der Waals surface area contributed by atoms with E-state index in [4.69, 9.17) is 9.47 Å². The second kappa shape index (κ2) is 8.57. The van der Waals surface area contributed by atoms with Crippen molar-refractivity contribution < 1.29 is 23.9 Å². The number of methoxy groups -OCH3 is 1. The van der Waals surface area contributed by atoms with Crippen molar-refractivity contribution in [1.29, 1.82) is 0 Å². The largest absolute Gasteiger partial charge is 0.468 e. The van der Waals surface area contributed by atoms with E-state index < -0.39 is 29.7 Å². The van der Waals surface area contributed by atoms with Gasteiger partial charge in [0, 0.05) is 17.8 Å². The predicted molar refractivity (Wildman–Crippen MR) is 109 cm³/mol. The Kier molecular flexibility index (Phi) is 6.49. The highest BCUT2D eigenvalue weighted by Crippen LogP contribution is 2.39. The molecule has 2 aliphatic heterocycles. The van der Waals surface area contributed by atoms with Gasteiger partial charge in [0.15, 0.2) is 0 Å². The van der Waals surface area contributed by atoms with Gasteiger partial charge >= 0.3 is 12.1 Å². The highest BCUT2D eigenvalue weighted by Gasteiger charge is 2.50. The second-order valence-corrected chi connectivity index (χ2v) is 9.95. The van der Waals surface area contributed by atoms with Crippen LogP contribution in [0.25, 0.3) is 0 Å². The zero-order chi connectivity index (χ0) is 21.3. The zero-order valence-corrected chi connectivity index (χ0v) is 19.1. The molecule has 0 spiro atoms. The van der Waals surface area contributed by atoms with Crippen molar-refractivity contribution in [3.63, 3.8) is 0 Å². The summed E-state index contributed by atoms with van der Waals surface area (Å²) in [5.41, 5.74) is 2.30. The predicted octanol–water partition coefficient (Wildman–Crippen LogP) is 2.01. The Balaban J connectivity index is 1.76. The molecule has 2 atom stereocenters. The first kappa shape index (κ1) is 22.0. The minimum absolute atomic E-state index is 0.0145.